The van der Waals surface area contributed by atoms with Crippen molar-refractivity contribution in [2.75, 3.05) is 0 Å². The summed E-state index contributed by atoms with van der Waals surface area (Å²) in [6.07, 6.45) is 3.13. The van der Waals surface area contributed by atoms with E-state index in [2.05, 4.69) is 15.6 Å². The van der Waals surface area contributed by atoms with E-state index in [9.17, 15) is 10.1 Å². The highest BCUT2D eigenvalue weighted by molar-refractivity contribution is 5.97. The normalized spacial score (nSPS) is 10.9. The maximum Gasteiger partial charge on any atom is 0.264 e. The van der Waals surface area contributed by atoms with Gasteiger partial charge in [0.05, 0.1) is 18.3 Å². The van der Waals surface area contributed by atoms with E-state index in [0.29, 0.717) is 6.54 Å². The van der Waals surface area contributed by atoms with Crippen LogP contribution >= 0.6 is 0 Å². The van der Waals surface area contributed by atoms with Crippen LogP contribution in [0, 0.1) is 11.3 Å². The molecule has 0 aliphatic heterocycles. The highest BCUT2D eigenvalue weighted by Crippen LogP contribution is 2.22. The first-order valence-electron chi connectivity index (χ1n) is 8.92. The van der Waals surface area contributed by atoms with Crippen LogP contribution in [-0.2, 0) is 11.3 Å². The van der Waals surface area contributed by atoms with Crippen molar-refractivity contribution < 1.29 is 4.79 Å². The molecule has 5 nitrogen and oxygen atoms in total. The highest BCUT2D eigenvalue weighted by Gasteiger charge is 2.19. The number of carbonyl (C=O) groups is 1. The van der Waals surface area contributed by atoms with Gasteiger partial charge in [-0.3, -0.25) is 9.78 Å². The second kappa shape index (κ2) is 9.70. The van der Waals surface area contributed by atoms with Crippen molar-refractivity contribution in [3.8, 4) is 6.07 Å². The van der Waals surface area contributed by atoms with E-state index >= 15 is 0 Å². The van der Waals surface area contributed by atoms with Crippen LogP contribution in [0.5, 0.6) is 0 Å². The number of nitrogens with zero attached hydrogens (tertiary/aromatic N) is 2. The lowest BCUT2D eigenvalue weighted by molar-refractivity contribution is -0.117. The van der Waals surface area contributed by atoms with E-state index in [4.69, 9.17) is 0 Å². The van der Waals surface area contributed by atoms with Crippen LogP contribution in [-0.4, -0.2) is 10.9 Å². The number of hydrogen-bond donors (Lipinski definition) is 2. The number of amides is 1. The molecular weight excluding hydrogens is 348 g/mol. The van der Waals surface area contributed by atoms with E-state index in [0.717, 1.165) is 16.8 Å². The Bertz CT molecular complexity index is 924. The summed E-state index contributed by atoms with van der Waals surface area (Å²) in [7, 11) is 0. The van der Waals surface area contributed by atoms with Gasteiger partial charge in [0.15, 0.2) is 0 Å². The predicted molar refractivity (Wildman–Crippen MR) is 108 cm³/mol. The monoisotopic (exact) mass is 368 g/mol. The van der Waals surface area contributed by atoms with Crippen LogP contribution in [0.15, 0.2) is 96.8 Å². The van der Waals surface area contributed by atoms with Crippen molar-refractivity contribution in [3.05, 3.63) is 114 Å². The molecule has 1 heterocycles. The average molecular weight is 368 g/mol. The van der Waals surface area contributed by atoms with Gasteiger partial charge in [-0.05, 0) is 23.3 Å². The molecule has 138 valence electrons. The molecular formula is C23H20N4O. The van der Waals surface area contributed by atoms with Gasteiger partial charge in [0.2, 0.25) is 0 Å². The maximum atomic E-state index is 12.7. The van der Waals surface area contributed by atoms with Gasteiger partial charge in [0.1, 0.15) is 11.6 Å². The van der Waals surface area contributed by atoms with Crippen LogP contribution in [0.4, 0.5) is 0 Å². The summed E-state index contributed by atoms with van der Waals surface area (Å²) in [5.74, 6) is -0.436. The zero-order chi connectivity index (χ0) is 19.6. The third kappa shape index (κ3) is 5.05. The minimum Gasteiger partial charge on any atom is -0.384 e. The molecule has 2 aromatic carbocycles. The van der Waals surface area contributed by atoms with E-state index < -0.39 is 5.91 Å². The van der Waals surface area contributed by atoms with Crippen LogP contribution in [0.25, 0.3) is 0 Å². The fraction of sp³-hybridized carbons (Fsp3) is 0.0870. The molecule has 0 atom stereocenters. The molecule has 0 saturated carbocycles. The lowest BCUT2D eigenvalue weighted by atomic mass is 9.98. The Hall–Kier alpha value is -3.91. The lowest BCUT2D eigenvalue weighted by Crippen LogP contribution is -2.30. The summed E-state index contributed by atoms with van der Waals surface area (Å²) in [5, 5.41) is 15.4. The Kier molecular flexibility index (Phi) is 6.53. The summed E-state index contributed by atoms with van der Waals surface area (Å²) < 4.78 is 0. The molecule has 2 N–H and O–H groups in total. The standard InChI is InChI=1S/C23H20N4O/c24-15-20(16-25-17-21-13-7-8-14-26-21)23(28)27-22(18-9-3-1-4-10-18)19-11-5-2-6-12-19/h1-14,16,22,25H,17H2,(H,27,28)/b20-16-. The van der Waals surface area contributed by atoms with Gasteiger partial charge < -0.3 is 10.6 Å². The quantitative estimate of drug-likeness (QED) is 0.494. The van der Waals surface area contributed by atoms with Crippen LogP contribution in [0.2, 0.25) is 0 Å². The van der Waals surface area contributed by atoms with E-state index in [-0.39, 0.29) is 11.6 Å². The van der Waals surface area contributed by atoms with E-state index in [1.807, 2.05) is 84.9 Å². The van der Waals surface area contributed by atoms with Crippen molar-refractivity contribution in [1.29, 1.82) is 5.26 Å². The highest BCUT2D eigenvalue weighted by atomic mass is 16.1. The largest absolute Gasteiger partial charge is 0.384 e. The molecule has 0 unspecified atom stereocenters. The van der Waals surface area contributed by atoms with Crippen molar-refractivity contribution in [2.45, 2.75) is 12.6 Å². The van der Waals surface area contributed by atoms with Gasteiger partial charge in [-0.2, -0.15) is 5.26 Å². The Morgan fingerprint density at radius 2 is 1.57 bits per heavy atom. The lowest BCUT2D eigenvalue weighted by Gasteiger charge is -2.19. The second-order valence-corrected chi connectivity index (χ2v) is 6.10. The molecule has 3 rings (SSSR count). The fourth-order valence-electron chi connectivity index (χ4n) is 2.77. The molecule has 1 aromatic heterocycles. The third-order valence-corrected chi connectivity index (χ3v) is 4.16. The molecule has 5 heteroatoms. The van der Waals surface area contributed by atoms with Gasteiger partial charge >= 0.3 is 0 Å². The molecule has 28 heavy (non-hydrogen) atoms. The summed E-state index contributed by atoms with van der Waals surface area (Å²) in [4.78, 5) is 16.9. The number of nitriles is 1. The smallest absolute Gasteiger partial charge is 0.264 e. The summed E-state index contributed by atoms with van der Waals surface area (Å²) in [6, 6.07) is 26.6. The molecule has 1 amide bonds. The topological polar surface area (TPSA) is 77.8 Å². The first-order valence-corrected chi connectivity index (χ1v) is 8.92. The Morgan fingerprint density at radius 1 is 0.964 bits per heavy atom. The van der Waals surface area contributed by atoms with Crippen LogP contribution in [0.1, 0.15) is 22.9 Å². The zero-order valence-corrected chi connectivity index (χ0v) is 15.2. The summed E-state index contributed by atoms with van der Waals surface area (Å²) in [6.45, 7) is 0.431. The molecule has 0 saturated heterocycles. The van der Waals surface area contributed by atoms with Crippen LogP contribution in [0.3, 0.4) is 0 Å². The Balaban J connectivity index is 1.75. The molecule has 0 aliphatic rings. The molecule has 0 fully saturated rings. The number of benzene rings is 2. The minimum atomic E-state index is -0.436. The molecule has 3 aromatic rings. The molecule has 0 bridgehead atoms. The fourth-order valence-corrected chi connectivity index (χ4v) is 2.77. The van der Waals surface area contributed by atoms with Gasteiger partial charge in [0.25, 0.3) is 5.91 Å². The SMILES string of the molecule is N#C/C(=C/NCc1ccccn1)C(=O)NC(c1ccccc1)c1ccccc1. The molecule has 0 aliphatic carbocycles. The first-order chi connectivity index (χ1) is 13.8. The third-order valence-electron chi connectivity index (χ3n) is 4.16. The first kappa shape index (κ1) is 18.9. The van der Waals surface area contributed by atoms with E-state index in [1.54, 1.807) is 6.20 Å². The van der Waals surface area contributed by atoms with Crippen LogP contribution < -0.4 is 10.6 Å². The number of carbonyl (C=O) groups excluding carboxylic acids is 1. The number of hydrogen-bond acceptors (Lipinski definition) is 4. The summed E-state index contributed by atoms with van der Waals surface area (Å²) in [5.41, 5.74) is 2.72. The number of aromatic nitrogens is 1. The molecule has 0 spiro atoms. The van der Waals surface area contributed by atoms with Gasteiger partial charge in [-0.25, -0.2) is 0 Å². The minimum absolute atomic E-state index is 0.00722. The van der Waals surface area contributed by atoms with Crippen molar-refractivity contribution in [3.63, 3.8) is 0 Å². The van der Waals surface area contributed by atoms with Gasteiger partial charge in [0, 0.05) is 12.4 Å². The Labute approximate surface area is 164 Å². The number of pyridine rings is 1. The van der Waals surface area contributed by atoms with Crippen molar-refractivity contribution in [2.24, 2.45) is 0 Å². The zero-order valence-electron chi connectivity index (χ0n) is 15.2. The van der Waals surface area contributed by atoms with Gasteiger partial charge in [-0.15, -0.1) is 0 Å². The summed E-state index contributed by atoms with van der Waals surface area (Å²) >= 11 is 0. The molecule has 0 radical (unpaired) electrons. The number of nitrogens with one attached hydrogen (secondary N) is 2. The van der Waals surface area contributed by atoms with Gasteiger partial charge in [-0.1, -0.05) is 66.7 Å². The van der Waals surface area contributed by atoms with Crippen molar-refractivity contribution >= 4 is 5.91 Å². The Morgan fingerprint density at radius 3 is 2.11 bits per heavy atom. The average Bonchev–Trinajstić information content (AvgIpc) is 2.77. The van der Waals surface area contributed by atoms with E-state index in [1.165, 1.54) is 6.20 Å². The second-order valence-electron chi connectivity index (χ2n) is 6.10. The number of rotatable bonds is 7. The maximum absolute atomic E-state index is 12.7. The predicted octanol–water partition coefficient (Wildman–Crippen LogP) is 3.48. The van der Waals surface area contributed by atoms with Crippen molar-refractivity contribution in [1.82, 2.24) is 15.6 Å².